The second-order valence-electron chi connectivity index (χ2n) is 3.04. The van der Waals surface area contributed by atoms with Crippen LogP contribution in [0.4, 0.5) is 0 Å². The Kier molecular flexibility index (Phi) is 5.77. The van der Waals surface area contributed by atoms with Crippen LogP contribution in [0.25, 0.3) is 0 Å². The number of benzene rings is 1. The third kappa shape index (κ3) is 4.14. The van der Waals surface area contributed by atoms with E-state index in [0.29, 0.717) is 30.6 Å². The molecule has 0 aliphatic rings. The van der Waals surface area contributed by atoms with Gasteiger partial charge in [0.1, 0.15) is 17.3 Å². The van der Waals surface area contributed by atoms with Gasteiger partial charge in [0.15, 0.2) is 0 Å². The van der Waals surface area contributed by atoms with E-state index in [2.05, 4.69) is 0 Å². The predicted molar refractivity (Wildman–Crippen MR) is 65.7 cm³/mol. The van der Waals surface area contributed by atoms with Crippen molar-refractivity contribution in [2.75, 3.05) is 26.4 Å². The largest absolute Gasteiger partial charge is 0.490 e. The van der Waals surface area contributed by atoms with Crippen LogP contribution < -0.4 is 10.5 Å². The lowest BCUT2D eigenvalue weighted by Gasteiger charge is -2.10. The fourth-order valence-corrected chi connectivity index (χ4v) is 1.34. The molecule has 0 heterocycles. The summed E-state index contributed by atoms with van der Waals surface area (Å²) in [6.07, 6.45) is 0. The second kappa shape index (κ2) is 7.16. The molecule has 0 unspecified atom stereocenters. The zero-order valence-electron chi connectivity index (χ0n) is 8.89. The quantitative estimate of drug-likeness (QED) is 0.543. The average molecular weight is 241 g/mol. The fourth-order valence-electron chi connectivity index (χ4n) is 1.17. The maximum Gasteiger partial charge on any atom is 0.129 e. The van der Waals surface area contributed by atoms with Gasteiger partial charge in [0, 0.05) is 0 Å². The summed E-state index contributed by atoms with van der Waals surface area (Å²) in [5.41, 5.74) is 6.28. The Hall–Kier alpha value is -1.17. The smallest absolute Gasteiger partial charge is 0.129 e. The van der Waals surface area contributed by atoms with Crippen molar-refractivity contribution in [3.05, 3.63) is 29.8 Å². The van der Waals surface area contributed by atoms with Crippen LogP contribution in [0.1, 0.15) is 5.56 Å². The minimum absolute atomic E-state index is 0.0173. The molecule has 0 saturated heterocycles. The van der Waals surface area contributed by atoms with Gasteiger partial charge in [-0.05, 0) is 12.1 Å². The number of aliphatic hydroxyl groups is 1. The summed E-state index contributed by atoms with van der Waals surface area (Å²) in [5.74, 6) is 0.655. The third-order valence-electron chi connectivity index (χ3n) is 1.87. The lowest BCUT2D eigenvalue weighted by Crippen LogP contribution is -2.14. The normalized spacial score (nSPS) is 10.1. The topological polar surface area (TPSA) is 64.7 Å². The number of thiocarbonyl (C=S) groups is 1. The second-order valence-corrected chi connectivity index (χ2v) is 3.48. The molecule has 0 spiro atoms. The van der Waals surface area contributed by atoms with E-state index in [1.165, 1.54) is 0 Å². The van der Waals surface area contributed by atoms with Gasteiger partial charge in [-0.15, -0.1) is 0 Å². The zero-order chi connectivity index (χ0) is 11.8. The van der Waals surface area contributed by atoms with Gasteiger partial charge in [0.25, 0.3) is 0 Å². The van der Waals surface area contributed by atoms with Crippen LogP contribution in [0.2, 0.25) is 0 Å². The summed E-state index contributed by atoms with van der Waals surface area (Å²) in [6, 6.07) is 7.32. The number of ether oxygens (including phenoxy) is 2. The minimum Gasteiger partial charge on any atom is -0.490 e. The molecule has 0 fully saturated rings. The van der Waals surface area contributed by atoms with E-state index in [4.69, 9.17) is 32.5 Å². The number of rotatable bonds is 7. The summed E-state index contributed by atoms with van der Waals surface area (Å²) in [5, 5.41) is 8.50. The van der Waals surface area contributed by atoms with Crippen molar-refractivity contribution >= 4 is 17.2 Å². The number of para-hydroxylation sites is 1. The molecule has 0 aliphatic heterocycles. The van der Waals surface area contributed by atoms with Crippen LogP contribution in [0.15, 0.2) is 24.3 Å². The Morgan fingerprint density at radius 1 is 1.25 bits per heavy atom. The van der Waals surface area contributed by atoms with Crippen molar-refractivity contribution in [3.63, 3.8) is 0 Å². The van der Waals surface area contributed by atoms with E-state index in [1.54, 1.807) is 6.07 Å². The summed E-state index contributed by atoms with van der Waals surface area (Å²) in [7, 11) is 0. The van der Waals surface area contributed by atoms with Crippen molar-refractivity contribution in [1.82, 2.24) is 0 Å². The molecule has 1 aromatic rings. The summed E-state index contributed by atoms with van der Waals surface area (Å²) < 4.78 is 10.5. The molecular formula is C11H15NO3S. The molecule has 0 atom stereocenters. The first-order valence-electron chi connectivity index (χ1n) is 4.96. The van der Waals surface area contributed by atoms with Crippen LogP contribution in [0, 0.1) is 0 Å². The van der Waals surface area contributed by atoms with E-state index in [0.717, 1.165) is 5.56 Å². The maximum absolute atomic E-state index is 8.50. The van der Waals surface area contributed by atoms with Crippen LogP contribution in [-0.2, 0) is 4.74 Å². The molecule has 1 aromatic carbocycles. The average Bonchev–Trinajstić information content (AvgIpc) is 2.29. The molecule has 3 N–H and O–H groups in total. The van der Waals surface area contributed by atoms with Gasteiger partial charge in [-0.25, -0.2) is 0 Å². The molecule has 0 radical (unpaired) electrons. The van der Waals surface area contributed by atoms with Crippen molar-refractivity contribution in [2.45, 2.75) is 0 Å². The Balaban J connectivity index is 2.44. The van der Waals surface area contributed by atoms with Crippen LogP contribution in [-0.4, -0.2) is 36.5 Å². The Labute approximate surface area is 100.0 Å². The highest BCUT2D eigenvalue weighted by molar-refractivity contribution is 7.80. The highest BCUT2D eigenvalue weighted by Crippen LogP contribution is 2.17. The van der Waals surface area contributed by atoms with Crippen LogP contribution >= 0.6 is 12.2 Å². The standard InChI is InChI=1S/C11H15NO3S/c12-11(16)9-3-1-2-4-10(9)15-8-7-14-6-5-13/h1-4,13H,5-8H2,(H2,12,16). The number of hydrogen-bond donors (Lipinski definition) is 2. The van der Waals surface area contributed by atoms with Gasteiger partial charge >= 0.3 is 0 Å². The molecule has 16 heavy (non-hydrogen) atoms. The zero-order valence-corrected chi connectivity index (χ0v) is 9.70. The molecule has 0 amide bonds. The Morgan fingerprint density at radius 3 is 2.69 bits per heavy atom. The molecule has 4 nitrogen and oxygen atoms in total. The van der Waals surface area contributed by atoms with Gasteiger partial charge in [-0.1, -0.05) is 24.4 Å². The highest BCUT2D eigenvalue weighted by Gasteiger charge is 2.04. The van der Waals surface area contributed by atoms with Gasteiger partial charge in [0.2, 0.25) is 0 Å². The van der Waals surface area contributed by atoms with E-state index in [-0.39, 0.29) is 6.61 Å². The molecule has 1 rings (SSSR count). The van der Waals surface area contributed by atoms with Crippen molar-refractivity contribution < 1.29 is 14.6 Å². The SMILES string of the molecule is NC(=S)c1ccccc1OCCOCCO. The van der Waals surface area contributed by atoms with Crippen molar-refractivity contribution in [1.29, 1.82) is 0 Å². The molecule has 5 heteroatoms. The Bertz CT molecular complexity index is 344. The fraction of sp³-hybridized carbons (Fsp3) is 0.364. The molecular weight excluding hydrogens is 226 g/mol. The maximum atomic E-state index is 8.50. The lowest BCUT2D eigenvalue weighted by molar-refractivity contribution is 0.0705. The van der Waals surface area contributed by atoms with Gasteiger partial charge in [-0.3, -0.25) is 0 Å². The van der Waals surface area contributed by atoms with Gasteiger partial charge in [-0.2, -0.15) is 0 Å². The number of nitrogens with two attached hydrogens (primary N) is 1. The molecule has 0 bridgehead atoms. The molecule has 0 aromatic heterocycles. The lowest BCUT2D eigenvalue weighted by atomic mass is 10.2. The molecule has 88 valence electrons. The van der Waals surface area contributed by atoms with Crippen LogP contribution in [0.5, 0.6) is 5.75 Å². The molecule has 0 saturated carbocycles. The van der Waals surface area contributed by atoms with E-state index < -0.39 is 0 Å². The van der Waals surface area contributed by atoms with E-state index in [9.17, 15) is 0 Å². The summed E-state index contributed by atoms with van der Waals surface area (Å²) in [4.78, 5) is 0.312. The Morgan fingerprint density at radius 2 is 2.00 bits per heavy atom. The summed E-state index contributed by atoms with van der Waals surface area (Å²) >= 11 is 4.90. The number of aliphatic hydroxyl groups excluding tert-OH is 1. The number of hydrogen-bond acceptors (Lipinski definition) is 4. The third-order valence-corrected chi connectivity index (χ3v) is 2.09. The highest BCUT2D eigenvalue weighted by atomic mass is 32.1. The van der Waals surface area contributed by atoms with E-state index in [1.807, 2.05) is 18.2 Å². The molecule has 0 aliphatic carbocycles. The first-order chi connectivity index (χ1) is 7.75. The first-order valence-corrected chi connectivity index (χ1v) is 5.36. The van der Waals surface area contributed by atoms with E-state index >= 15 is 0 Å². The van der Waals surface area contributed by atoms with Crippen LogP contribution in [0.3, 0.4) is 0 Å². The van der Waals surface area contributed by atoms with Gasteiger partial charge < -0.3 is 20.3 Å². The predicted octanol–water partition coefficient (Wildman–Crippen LogP) is 0.708. The monoisotopic (exact) mass is 241 g/mol. The van der Waals surface area contributed by atoms with Crippen molar-refractivity contribution in [2.24, 2.45) is 5.73 Å². The minimum atomic E-state index is 0.0173. The summed E-state index contributed by atoms with van der Waals surface area (Å²) in [6.45, 7) is 1.16. The van der Waals surface area contributed by atoms with Gasteiger partial charge in [0.05, 0.1) is 25.4 Å². The first kappa shape index (κ1) is 12.9. The van der Waals surface area contributed by atoms with Crippen molar-refractivity contribution in [3.8, 4) is 5.75 Å².